The molecule has 0 aromatic heterocycles. The van der Waals surface area contributed by atoms with Gasteiger partial charge in [0.15, 0.2) is 0 Å². The summed E-state index contributed by atoms with van der Waals surface area (Å²) in [6.45, 7) is 0.537. The Labute approximate surface area is 149 Å². The Morgan fingerprint density at radius 3 is 2.52 bits per heavy atom. The van der Waals surface area contributed by atoms with E-state index in [-0.39, 0.29) is 11.8 Å². The Kier molecular flexibility index (Phi) is 5.30. The summed E-state index contributed by atoms with van der Waals surface area (Å²) in [5, 5.41) is 0. The number of sulfonamides is 1. The first-order valence-corrected chi connectivity index (χ1v) is 9.91. The molecule has 134 valence electrons. The van der Waals surface area contributed by atoms with E-state index in [2.05, 4.69) is 0 Å². The Balaban J connectivity index is 1.90. The zero-order valence-electron chi connectivity index (χ0n) is 14.5. The highest BCUT2D eigenvalue weighted by Crippen LogP contribution is 2.40. The van der Waals surface area contributed by atoms with Crippen LogP contribution in [-0.2, 0) is 15.8 Å². The molecule has 0 spiro atoms. The van der Waals surface area contributed by atoms with Crippen molar-refractivity contribution >= 4 is 10.0 Å². The lowest BCUT2D eigenvalue weighted by Crippen LogP contribution is -2.31. The molecule has 2 aromatic carbocycles. The van der Waals surface area contributed by atoms with Gasteiger partial charge < -0.3 is 9.47 Å². The smallest absolute Gasteiger partial charge is 0.218 e. The third-order valence-corrected chi connectivity index (χ3v) is 6.40. The number of benzene rings is 2. The van der Waals surface area contributed by atoms with E-state index < -0.39 is 10.0 Å². The van der Waals surface area contributed by atoms with Gasteiger partial charge in [-0.2, -0.15) is 4.31 Å². The van der Waals surface area contributed by atoms with Crippen molar-refractivity contribution < 1.29 is 17.9 Å². The Morgan fingerprint density at radius 2 is 1.84 bits per heavy atom. The highest BCUT2D eigenvalue weighted by atomic mass is 32.2. The highest BCUT2D eigenvalue weighted by Gasteiger charge is 2.36. The summed E-state index contributed by atoms with van der Waals surface area (Å²) in [5.41, 5.74) is 1.69. The molecule has 5 nitrogen and oxygen atoms in total. The second kappa shape index (κ2) is 7.45. The van der Waals surface area contributed by atoms with Gasteiger partial charge in [-0.05, 0) is 24.5 Å². The van der Waals surface area contributed by atoms with Crippen LogP contribution in [0, 0.1) is 0 Å². The molecule has 1 fully saturated rings. The number of rotatable bonds is 6. The lowest BCUT2D eigenvalue weighted by Gasteiger charge is -2.26. The van der Waals surface area contributed by atoms with Crippen LogP contribution in [0.15, 0.2) is 48.5 Å². The summed E-state index contributed by atoms with van der Waals surface area (Å²) in [5.74, 6) is 1.37. The molecule has 1 heterocycles. The van der Waals surface area contributed by atoms with Crippen molar-refractivity contribution in [2.45, 2.75) is 24.6 Å². The summed E-state index contributed by atoms with van der Waals surface area (Å²) >= 11 is 0. The largest absolute Gasteiger partial charge is 0.497 e. The molecule has 0 aliphatic carbocycles. The van der Waals surface area contributed by atoms with Crippen molar-refractivity contribution in [3.63, 3.8) is 0 Å². The normalized spacial score (nSPS) is 18.2. The first kappa shape index (κ1) is 17.8. The fourth-order valence-corrected chi connectivity index (χ4v) is 5.14. The van der Waals surface area contributed by atoms with Gasteiger partial charge in [0.05, 0.1) is 26.0 Å². The molecular formula is C19H23NO4S. The van der Waals surface area contributed by atoms with Crippen molar-refractivity contribution in [2.75, 3.05) is 20.8 Å². The maximum Gasteiger partial charge on any atom is 0.218 e. The highest BCUT2D eigenvalue weighted by molar-refractivity contribution is 7.88. The monoisotopic (exact) mass is 361 g/mol. The molecule has 1 atom stereocenters. The van der Waals surface area contributed by atoms with Crippen LogP contribution < -0.4 is 9.47 Å². The molecule has 0 saturated carbocycles. The third kappa shape index (κ3) is 3.80. The molecule has 3 rings (SSSR count). The van der Waals surface area contributed by atoms with Crippen LogP contribution in [0.4, 0.5) is 0 Å². The Bertz CT molecular complexity index is 821. The van der Waals surface area contributed by atoms with Crippen molar-refractivity contribution in [1.82, 2.24) is 4.31 Å². The van der Waals surface area contributed by atoms with Crippen LogP contribution in [0.1, 0.15) is 30.0 Å². The van der Waals surface area contributed by atoms with E-state index in [0.717, 1.165) is 24.0 Å². The van der Waals surface area contributed by atoms with E-state index in [9.17, 15) is 8.42 Å². The van der Waals surface area contributed by atoms with Gasteiger partial charge in [-0.3, -0.25) is 0 Å². The zero-order valence-corrected chi connectivity index (χ0v) is 15.3. The topological polar surface area (TPSA) is 55.8 Å². The molecule has 1 unspecified atom stereocenters. The van der Waals surface area contributed by atoms with Gasteiger partial charge in [0, 0.05) is 18.2 Å². The van der Waals surface area contributed by atoms with Crippen LogP contribution in [0.5, 0.6) is 11.5 Å². The summed E-state index contributed by atoms with van der Waals surface area (Å²) in [6.07, 6.45) is 1.63. The average molecular weight is 361 g/mol. The number of hydrogen-bond acceptors (Lipinski definition) is 4. The van der Waals surface area contributed by atoms with Gasteiger partial charge in [-0.1, -0.05) is 36.4 Å². The van der Waals surface area contributed by atoms with Crippen molar-refractivity contribution in [2.24, 2.45) is 0 Å². The van der Waals surface area contributed by atoms with Gasteiger partial charge in [0.2, 0.25) is 10.0 Å². The quantitative estimate of drug-likeness (QED) is 0.792. The predicted octanol–water partition coefficient (Wildman–Crippen LogP) is 3.37. The minimum absolute atomic E-state index is 0.0167. The minimum Gasteiger partial charge on any atom is -0.497 e. The average Bonchev–Trinajstić information content (AvgIpc) is 3.12. The number of hydrogen-bond donors (Lipinski definition) is 0. The van der Waals surface area contributed by atoms with Gasteiger partial charge in [-0.15, -0.1) is 0 Å². The predicted molar refractivity (Wildman–Crippen MR) is 97.3 cm³/mol. The molecule has 1 aliphatic rings. The van der Waals surface area contributed by atoms with Crippen LogP contribution in [0.2, 0.25) is 0 Å². The third-order valence-electron chi connectivity index (χ3n) is 4.55. The maximum atomic E-state index is 13.0. The van der Waals surface area contributed by atoms with Crippen molar-refractivity contribution in [3.05, 3.63) is 59.7 Å². The molecular weight excluding hydrogens is 338 g/mol. The van der Waals surface area contributed by atoms with Gasteiger partial charge >= 0.3 is 0 Å². The molecule has 0 radical (unpaired) electrons. The first-order chi connectivity index (χ1) is 12.0. The molecule has 1 saturated heterocycles. The second-order valence-corrected chi connectivity index (χ2v) is 8.04. The lowest BCUT2D eigenvalue weighted by molar-refractivity contribution is 0.361. The standard InChI is InChI=1S/C19H23NO4S/c1-23-16-10-11-17(19(13-16)24-2)18-9-6-12-20(18)25(21,22)14-15-7-4-3-5-8-15/h3-5,7-8,10-11,13,18H,6,9,12,14H2,1-2H3. The fourth-order valence-electron chi connectivity index (χ4n) is 3.35. The molecule has 0 amide bonds. The van der Waals surface area contributed by atoms with Gasteiger partial charge in [0.25, 0.3) is 0 Å². The van der Waals surface area contributed by atoms with Crippen LogP contribution >= 0.6 is 0 Å². The van der Waals surface area contributed by atoms with E-state index >= 15 is 0 Å². The molecule has 6 heteroatoms. The van der Waals surface area contributed by atoms with E-state index in [1.165, 1.54) is 0 Å². The van der Waals surface area contributed by atoms with Crippen molar-refractivity contribution in [3.8, 4) is 11.5 Å². The Morgan fingerprint density at radius 1 is 1.08 bits per heavy atom. The molecule has 0 N–H and O–H groups in total. The molecule has 1 aliphatic heterocycles. The SMILES string of the molecule is COc1ccc(C2CCCN2S(=O)(=O)Cc2ccccc2)c(OC)c1. The fraction of sp³-hybridized carbons (Fsp3) is 0.368. The van der Waals surface area contributed by atoms with E-state index in [1.807, 2.05) is 42.5 Å². The summed E-state index contributed by atoms with van der Waals surface area (Å²) in [7, 11) is -0.213. The molecule has 0 bridgehead atoms. The van der Waals surface area contributed by atoms with Crippen molar-refractivity contribution in [1.29, 1.82) is 0 Å². The zero-order chi connectivity index (χ0) is 17.9. The molecule has 2 aromatic rings. The Hall–Kier alpha value is -2.05. The number of ether oxygens (including phenoxy) is 2. The lowest BCUT2D eigenvalue weighted by atomic mass is 10.0. The minimum atomic E-state index is -3.40. The van der Waals surface area contributed by atoms with Crippen LogP contribution in [0.3, 0.4) is 0 Å². The van der Waals surface area contributed by atoms with E-state index in [0.29, 0.717) is 18.0 Å². The number of nitrogens with zero attached hydrogens (tertiary/aromatic N) is 1. The summed E-state index contributed by atoms with van der Waals surface area (Å²) in [6, 6.07) is 14.6. The first-order valence-electron chi connectivity index (χ1n) is 8.30. The summed E-state index contributed by atoms with van der Waals surface area (Å²) < 4.78 is 38.3. The van der Waals surface area contributed by atoms with E-state index in [4.69, 9.17) is 9.47 Å². The van der Waals surface area contributed by atoms with Gasteiger partial charge in [0.1, 0.15) is 11.5 Å². The second-order valence-electron chi connectivity index (χ2n) is 6.12. The molecule has 25 heavy (non-hydrogen) atoms. The van der Waals surface area contributed by atoms with Gasteiger partial charge in [-0.25, -0.2) is 8.42 Å². The maximum absolute atomic E-state index is 13.0. The van der Waals surface area contributed by atoms with E-state index in [1.54, 1.807) is 24.6 Å². The van der Waals surface area contributed by atoms with Crippen LogP contribution in [-0.4, -0.2) is 33.5 Å². The summed E-state index contributed by atoms with van der Waals surface area (Å²) in [4.78, 5) is 0. The van der Waals surface area contributed by atoms with Crippen LogP contribution in [0.25, 0.3) is 0 Å². The number of methoxy groups -OCH3 is 2.